The van der Waals surface area contributed by atoms with Crippen LogP contribution in [0.2, 0.25) is 0 Å². The second kappa shape index (κ2) is 6.63. The average Bonchev–Trinajstić information content (AvgIpc) is 2.40. The summed E-state index contributed by atoms with van der Waals surface area (Å²) in [4.78, 5) is 12.1. The van der Waals surface area contributed by atoms with Crippen molar-refractivity contribution in [3.05, 3.63) is 29.3 Å². The van der Waals surface area contributed by atoms with E-state index in [0.717, 1.165) is 6.42 Å². The molecule has 0 saturated heterocycles. The molecule has 6 nitrogen and oxygen atoms in total. The number of benzene rings is 1. The SMILES string of the molecule is CCCC(NC(=O)c1cccc(O)c1C)/C(N)=N/O. The molecule has 0 aliphatic rings. The largest absolute Gasteiger partial charge is 0.508 e. The van der Waals surface area contributed by atoms with Crippen molar-refractivity contribution >= 4 is 11.7 Å². The van der Waals surface area contributed by atoms with Gasteiger partial charge < -0.3 is 21.4 Å². The van der Waals surface area contributed by atoms with Gasteiger partial charge in [-0.05, 0) is 25.5 Å². The zero-order chi connectivity index (χ0) is 14.4. The summed E-state index contributed by atoms with van der Waals surface area (Å²) in [5, 5.41) is 23.9. The van der Waals surface area contributed by atoms with Crippen molar-refractivity contribution in [2.45, 2.75) is 32.7 Å². The third-order valence-corrected chi connectivity index (χ3v) is 2.90. The molecule has 104 valence electrons. The van der Waals surface area contributed by atoms with Crippen molar-refractivity contribution in [2.24, 2.45) is 10.9 Å². The standard InChI is InChI=1S/C13H19N3O3/c1-3-5-10(12(14)16-19)15-13(18)9-6-4-7-11(17)8(9)2/h4,6-7,10,17,19H,3,5H2,1-2H3,(H2,14,16)(H,15,18). The Labute approximate surface area is 111 Å². The molecule has 0 radical (unpaired) electrons. The Bertz CT molecular complexity index is 486. The van der Waals surface area contributed by atoms with Gasteiger partial charge in [-0.1, -0.05) is 24.6 Å². The maximum Gasteiger partial charge on any atom is 0.252 e. The molecule has 1 amide bonds. The lowest BCUT2D eigenvalue weighted by Gasteiger charge is -2.17. The highest BCUT2D eigenvalue weighted by molar-refractivity contribution is 5.99. The summed E-state index contributed by atoms with van der Waals surface area (Å²) in [6.07, 6.45) is 1.35. The Morgan fingerprint density at radius 1 is 1.53 bits per heavy atom. The van der Waals surface area contributed by atoms with Gasteiger partial charge in [-0.2, -0.15) is 0 Å². The maximum absolute atomic E-state index is 12.1. The second-order valence-corrected chi connectivity index (χ2v) is 4.29. The third-order valence-electron chi connectivity index (χ3n) is 2.90. The molecule has 0 aliphatic heterocycles. The lowest BCUT2D eigenvalue weighted by molar-refractivity contribution is 0.0943. The first-order valence-electron chi connectivity index (χ1n) is 6.08. The first kappa shape index (κ1) is 14.8. The monoisotopic (exact) mass is 265 g/mol. The number of carbonyl (C=O) groups excluding carboxylic acids is 1. The molecule has 0 aromatic heterocycles. The third kappa shape index (κ3) is 3.61. The Morgan fingerprint density at radius 2 is 2.21 bits per heavy atom. The van der Waals surface area contributed by atoms with Crippen LogP contribution >= 0.6 is 0 Å². The van der Waals surface area contributed by atoms with Crippen LogP contribution in [0.25, 0.3) is 0 Å². The number of phenolic OH excluding ortho intramolecular Hbond substituents is 1. The van der Waals surface area contributed by atoms with Gasteiger partial charge in [-0.25, -0.2) is 0 Å². The van der Waals surface area contributed by atoms with Gasteiger partial charge in [0.05, 0.1) is 6.04 Å². The predicted molar refractivity (Wildman–Crippen MR) is 72.4 cm³/mol. The van der Waals surface area contributed by atoms with Crippen LogP contribution in [0.4, 0.5) is 0 Å². The molecular weight excluding hydrogens is 246 g/mol. The molecule has 0 saturated carbocycles. The summed E-state index contributed by atoms with van der Waals surface area (Å²) in [6.45, 7) is 3.59. The van der Waals surface area contributed by atoms with E-state index >= 15 is 0 Å². The number of rotatable bonds is 5. The summed E-state index contributed by atoms with van der Waals surface area (Å²) >= 11 is 0. The molecule has 0 aliphatic carbocycles. The van der Waals surface area contributed by atoms with Crippen LogP contribution < -0.4 is 11.1 Å². The van der Waals surface area contributed by atoms with E-state index in [-0.39, 0.29) is 17.5 Å². The van der Waals surface area contributed by atoms with Crippen LogP contribution in [0, 0.1) is 6.92 Å². The highest BCUT2D eigenvalue weighted by atomic mass is 16.4. The summed E-state index contributed by atoms with van der Waals surface area (Å²) in [7, 11) is 0. The van der Waals surface area contributed by atoms with E-state index < -0.39 is 6.04 Å². The van der Waals surface area contributed by atoms with Crippen molar-refractivity contribution in [3.8, 4) is 5.75 Å². The fourth-order valence-electron chi connectivity index (χ4n) is 1.76. The molecule has 19 heavy (non-hydrogen) atoms. The van der Waals surface area contributed by atoms with Crippen molar-refractivity contribution in [1.29, 1.82) is 0 Å². The molecule has 1 aromatic carbocycles. The van der Waals surface area contributed by atoms with Crippen LogP contribution in [0.1, 0.15) is 35.7 Å². The molecule has 6 heteroatoms. The van der Waals surface area contributed by atoms with E-state index in [1.54, 1.807) is 19.1 Å². The van der Waals surface area contributed by atoms with E-state index in [2.05, 4.69) is 10.5 Å². The second-order valence-electron chi connectivity index (χ2n) is 4.29. The number of amides is 1. The van der Waals surface area contributed by atoms with E-state index in [9.17, 15) is 9.90 Å². The van der Waals surface area contributed by atoms with Crippen LogP contribution in [0.3, 0.4) is 0 Å². The number of oxime groups is 1. The summed E-state index contributed by atoms with van der Waals surface area (Å²) in [5.41, 5.74) is 6.40. The lowest BCUT2D eigenvalue weighted by atomic mass is 10.1. The number of nitrogens with two attached hydrogens (primary N) is 1. The number of carbonyl (C=O) groups is 1. The quantitative estimate of drug-likeness (QED) is 0.279. The molecule has 1 rings (SSSR count). The zero-order valence-electron chi connectivity index (χ0n) is 11.1. The molecule has 0 heterocycles. The number of aromatic hydroxyl groups is 1. The van der Waals surface area contributed by atoms with Gasteiger partial charge in [-0.15, -0.1) is 0 Å². The van der Waals surface area contributed by atoms with Gasteiger partial charge in [0.15, 0.2) is 5.84 Å². The smallest absolute Gasteiger partial charge is 0.252 e. The fourth-order valence-corrected chi connectivity index (χ4v) is 1.76. The van der Waals surface area contributed by atoms with Crippen LogP contribution in [-0.4, -0.2) is 28.1 Å². The number of amidine groups is 1. The average molecular weight is 265 g/mol. The number of phenols is 1. The first-order chi connectivity index (χ1) is 9.01. The van der Waals surface area contributed by atoms with Gasteiger partial charge in [0.25, 0.3) is 5.91 Å². The van der Waals surface area contributed by atoms with Crippen molar-refractivity contribution < 1.29 is 15.1 Å². The summed E-state index contributed by atoms with van der Waals surface area (Å²) in [5.74, 6) is -0.338. The van der Waals surface area contributed by atoms with Crippen LogP contribution in [0.15, 0.2) is 23.4 Å². The highest BCUT2D eigenvalue weighted by Crippen LogP contribution is 2.19. The minimum atomic E-state index is -0.524. The van der Waals surface area contributed by atoms with Crippen molar-refractivity contribution in [3.63, 3.8) is 0 Å². The Morgan fingerprint density at radius 3 is 2.79 bits per heavy atom. The molecule has 5 N–H and O–H groups in total. The molecule has 1 aromatic rings. The lowest BCUT2D eigenvalue weighted by Crippen LogP contribution is -2.44. The summed E-state index contributed by atoms with van der Waals surface area (Å²) in [6, 6.07) is 4.19. The van der Waals surface area contributed by atoms with E-state index in [4.69, 9.17) is 10.9 Å². The van der Waals surface area contributed by atoms with Gasteiger partial charge in [0, 0.05) is 11.1 Å². The van der Waals surface area contributed by atoms with Crippen molar-refractivity contribution in [2.75, 3.05) is 0 Å². The molecule has 0 fully saturated rings. The number of hydrogen-bond donors (Lipinski definition) is 4. The first-order valence-corrected chi connectivity index (χ1v) is 6.08. The topological polar surface area (TPSA) is 108 Å². The fraction of sp³-hybridized carbons (Fsp3) is 0.385. The number of hydrogen-bond acceptors (Lipinski definition) is 4. The maximum atomic E-state index is 12.1. The Balaban J connectivity index is 2.91. The minimum absolute atomic E-state index is 0.0343. The van der Waals surface area contributed by atoms with Gasteiger partial charge in [0.2, 0.25) is 0 Å². The van der Waals surface area contributed by atoms with Crippen molar-refractivity contribution in [1.82, 2.24) is 5.32 Å². The summed E-state index contributed by atoms with van der Waals surface area (Å²) < 4.78 is 0. The van der Waals surface area contributed by atoms with E-state index in [1.165, 1.54) is 6.07 Å². The molecular formula is C13H19N3O3. The van der Waals surface area contributed by atoms with Crippen LogP contribution in [0.5, 0.6) is 5.75 Å². The highest BCUT2D eigenvalue weighted by Gasteiger charge is 2.18. The molecule has 1 atom stereocenters. The molecule has 0 spiro atoms. The number of nitrogens with zero attached hydrogens (tertiary/aromatic N) is 1. The van der Waals surface area contributed by atoms with Crippen LogP contribution in [-0.2, 0) is 0 Å². The molecule has 0 bridgehead atoms. The zero-order valence-corrected chi connectivity index (χ0v) is 11.1. The van der Waals surface area contributed by atoms with Gasteiger partial charge in [-0.3, -0.25) is 4.79 Å². The normalized spacial score (nSPS) is 13.1. The molecule has 1 unspecified atom stereocenters. The van der Waals surface area contributed by atoms with E-state index in [1.807, 2.05) is 6.92 Å². The Kier molecular flexibility index (Phi) is 5.17. The van der Waals surface area contributed by atoms with Gasteiger partial charge >= 0.3 is 0 Å². The Hall–Kier alpha value is -2.24. The number of nitrogens with one attached hydrogen (secondary N) is 1. The minimum Gasteiger partial charge on any atom is -0.508 e. The predicted octanol–water partition coefficient (Wildman–Crippen LogP) is 1.35. The van der Waals surface area contributed by atoms with E-state index in [0.29, 0.717) is 17.5 Å². The van der Waals surface area contributed by atoms with Gasteiger partial charge in [0.1, 0.15) is 5.75 Å².